The minimum atomic E-state index is -0.418. The molecule has 1 aromatic heterocycles. The summed E-state index contributed by atoms with van der Waals surface area (Å²) in [6.07, 6.45) is 2.08. The van der Waals surface area contributed by atoms with Gasteiger partial charge in [0.15, 0.2) is 5.82 Å². The number of aromatic nitrogens is 2. The van der Waals surface area contributed by atoms with Gasteiger partial charge < -0.3 is 5.32 Å². The number of nitrogens with zero attached hydrogens (tertiary/aromatic N) is 3. The SMILES string of the molecule is CSC(C)(C)CNc1cc(C)nc(-c2ccc([N+](=O)[O-])cc2)n1. The number of hydrogen-bond acceptors (Lipinski definition) is 6. The quantitative estimate of drug-likeness (QED) is 0.638. The Kier molecular flexibility index (Phi) is 5.20. The molecule has 1 heterocycles. The van der Waals surface area contributed by atoms with Gasteiger partial charge in [-0.1, -0.05) is 0 Å². The minimum absolute atomic E-state index is 0.0569. The van der Waals surface area contributed by atoms with Gasteiger partial charge in [-0.2, -0.15) is 11.8 Å². The molecule has 0 fully saturated rings. The van der Waals surface area contributed by atoms with Crippen LogP contribution in [0.1, 0.15) is 19.5 Å². The van der Waals surface area contributed by atoms with Crippen LogP contribution in [0.15, 0.2) is 30.3 Å². The van der Waals surface area contributed by atoms with Gasteiger partial charge in [0.1, 0.15) is 5.82 Å². The fraction of sp³-hybridized carbons (Fsp3) is 0.375. The van der Waals surface area contributed by atoms with Crippen molar-refractivity contribution < 1.29 is 4.92 Å². The van der Waals surface area contributed by atoms with Crippen LogP contribution in [0.5, 0.6) is 0 Å². The Balaban J connectivity index is 2.24. The molecule has 0 aliphatic carbocycles. The van der Waals surface area contributed by atoms with Crippen molar-refractivity contribution in [2.45, 2.75) is 25.5 Å². The second-order valence-corrected chi connectivity index (χ2v) is 7.35. The van der Waals surface area contributed by atoms with Crippen molar-refractivity contribution in [1.29, 1.82) is 0 Å². The average molecular weight is 332 g/mol. The molecule has 2 rings (SSSR count). The van der Waals surface area contributed by atoms with E-state index in [1.165, 1.54) is 12.1 Å². The number of nitrogens with one attached hydrogen (secondary N) is 1. The van der Waals surface area contributed by atoms with Gasteiger partial charge in [-0.05, 0) is 39.2 Å². The van der Waals surface area contributed by atoms with Gasteiger partial charge in [0.2, 0.25) is 0 Å². The number of hydrogen-bond donors (Lipinski definition) is 1. The third-order valence-electron chi connectivity index (χ3n) is 3.44. The first-order chi connectivity index (χ1) is 10.8. The molecule has 0 unspecified atom stereocenters. The lowest BCUT2D eigenvalue weighted by atomic mass is 10.2. The highest BCUT2D eigenvalue weighted by Gasteiger charge is 2.16. The summed E-state index contributed by atoms with van der Waals surface area (Å²) in [5.74, 6) is 1.32. The molecule has 23 heavy (non-hydrogen) atoms. The summed E-state index contributed by atoms with van der Waals surface area (Å²) in [5.41, 5.74) is 1.66. The van der Waals surface area contributed by atoms with Crippen LogP contribution in [0, 0.1) is 17.0 Å². The molecular weight excluding hydrogens is 312 g/mol. The smallest absolute Gasteiger partial charge is 0.269 e. The molecule has 122 valence electrons. The molecule has 0 saturated carbocycles. The maximum Gasteiger partial charge on any atom is 0.269 e. The zero-order chi connectivity index (χ0) is 17.0. The summed E-state index contributed by atoms with van der Waals surface area (Å²) in [6.45, 7) is 7.01. The number of aryl methyl sites for hydroxylation is 1. The van der Waals surface area contributed by atoms with Crippen LogP contribution in [0.2, 0.25) is 0 Å². The monoisotopic (exact) mass is 332 g/mol. The fourth-order valence-electron chi connectivity index (χ4n) is 1.90. The second kappa shape index (κ2) is 6.95. The molecule has 1 aromatic carbocycles. The maximum atomic E-state index is 10.7. The Bertz CT molecular complexity index is 702. The number of non-ortho nitro benzene ring substituents is 1. The molecule has 0 spiro atoms. The molecule has 0 bridgehead atoms. The van der Waals surface area contributed by atoms with Gasteiger partial charge in [0, 0.05) is 40.7 Å². The summed E-state index contributed by atoms with van der Waals surface area (Å²) in [6, 6.07) is 8.16. The number of nitro groups is 1. The summed E-state index contributed by atoms with van der Waals surface area (Å²) in [4.78, 5) is 19.2. The Hall–Kier alpha value is -2.15. The van der Waals surface area contributed by atoms with E-state index in [0.29, 0.717) is 5.82 Å². The van der Waals surface area contributed by atoms with Crippen molar-refractivity contribution in [2.24, 2.45) is 0 Å². The molecule has 7 heteroatoms. The van der Waals surface area contributed by atoms with Crippen LogP contribution in [-0.4, -0.2) is 32.4 Å². The van der Waals surface area contributed by atoms with Gasteiger partial charge in [0.05, 0.1) is 4.92 Å². The lowest BCUT2D eigenvalue weighted by Gasteiger charge is -2.22. The van der Waals surface area contributed by atoms with Crippen molar-refractivity contribution in [3.05, 3.63) is 46.1 Å². The molecule has 0 amide bonds. The molecular formula is C16H20N4O2S. The molecule has 0 atom stereocenters. The largest absolute Gasteiger partial charge is 0.369 e. The topological polar surface area (TPSA) is 81.0 Å². The van der Waals surface area contributed by atoms with E-state index in [9.17, 15) is 10.1 Å². The third kappa shape index (κ3) is 4.66. The van der Waals surface area contributed by atoms with Gasteiger partial charge in [-0.25, -0.2) is 9.97 Å². The second-order valence-electron chi connectivity index (χ2n) is 5.84. The predicted molar refractivity (Wildman–Crippen MR) is 94.9 cm³/mol. The summed E-state index contributed by atoms with van der Waals surface area (Å²) in [5, 5.41) is 14.1. The maximum absolute atomic E-state index is 10.7. The van der Waals surface area contributed by atoms with E-state index in [1.54, 1.807) is 23.9 Å². The van der Waals surface area contributed by atoms with Crippen molar-refractivity contribution in [2.75, 3.05) is 18.1 Å². The standard InChI is InChI=1S/C16H20N4O2S/c1-11-9-14(17-10-16(2,3)23-4)19-15(18-11)12-5-7-13(8-6-12)20(21)22/h5-9H,10H2,1-4H3,(H,17,18,19). The molecule has 0 saturated heterocycles. The first-order valence-corrected chi connectivity index (χ1v) is 8.43. The normalized spacial score (nSPS) is 11.3. The molecule has 1 N–H and O–H groups in total. The van der Waals surface area contributed by atoms with Crippen LogP contribution >= 0.6 is 11.8 Å². The molecule has 0 aliphatic rings. The Morgan fingerprint density at radius 3 is 2.48 bits per heavy atom. The molecule has 2 aromatic rings. The number of rotatable bonds is 6. The summed E-state index contributed by atoms with van der Waals surface area (Å²) >= 11 is 1.79. The van der Waals surface area contributed by atoms with Gasteiger partial charge in [-0.3, -0.25) is 10.1 Å². The molecule has 6 nitrogen and oxygen atoms in total. The summed E-state index contributed by atoms with van der Waals surface area (Å²) in [7, 11) is 0. The Morgan fingerprint density at radius 2 is 1.91 bits per heavy atom. The summed E-state index contributed by atoms with van der Waals surface area (Å²) < 4.78 is 0.104. The Morgan fingerprint density at radius 1 is 1.26 bits per heavy atom. The average Bonchev–Trinajstić information content (AvgIpc) is 2.53. The third-order valence-corrected chi connectivity index (χ3v) is 4.69. The Labute approximate surface area is 139 Å². The van der Waals surface area contributed by atoms with E-state index in [0.717, 1.165) is 23.6 Å². The van der Waals surface area contributed by atoms with E-state index < -0.39 is 4.92 Å². The molecule has 0 radical (unpaired) electrons. The van der Waals surface area contributed by atoms with Crippen molar-refractivity contribution in [3.63, 3.8) is 0 Å². The number of thioether (sulfide) groups is 1. The van der Waals surface area contributed by atoms with Gasteiger partial charge >= 0.3 is 0 Å². The molecule has 0 aliphatic heterocycles. The van der Waals surface area contributed by atoms with E-state index in [4.69, 9.17) is 0 Å². The van der Waals surface area contributed by atoms with Crippen molar-refractivity contribution in [3.8, 4) is 11.4 Å². The highest BCUT2D eigenvalue weighted by atomic mass is 32.2. The lowest BCUT2D eigenvalue weighted by Crippen LogP contribution is -2.26. The highest BCUT2D eigenvalue weighted by molar-refractivity contribution is 7.99. The first-order valence-electron chi connectivity index (χ1n) is 7.20. The van der Waals surface area contributed by atoms with Gasteiger partial charge in [-0.15, -0.1) is 0 Å². The van der Waals surface area contributed by atoms with E-state index >= 15 is 0 Å². The predicted octanol–water partition coefficient (Wildman–Crippen LogP) is 3.91. The highest BCUT2D eigenvalue weighted by Crippen LogP contribution is 2.23. The van der Waals surface area contributed by atoms with Crippen LogP contribution in [-0.2, 0) is 0 Å². The zero-order valence-corrected chi connectivity index (χ0v) is 14.5. The van der Waals surface area contributed by atoms with E-state index in [1.807, 2.05) is 13.0 Å². The van der Waals surface area contributed by atoms with E-state index in [2.05, 4.69) is 35.4 Å². The van der Waals surface area contributed by atoms with Crippen molar-refractivity contribution >= 4 is 23.3 Å². The van der Waals surface area contributed by atoms with Crippen molar-refractivity contribution in [1.82, 2.24) is 9.97 Å². The number of benzene rings is 1. The zero-order valence-electron chi connectivity index (χ0n) is 13.7. The van der Waals surface area contributed by atoms with Crippen LogP contribution in [0.25, 0.3) is 11.4 Å². The van der Waals surface area contributed by atoms with Crippen LogP contribution in [0.3, 0.4) is 0 Å². The minimum Gasteiger partial charge on any atom is -0.369 e. The van der Waals surface area contributed by atoms with Gasteiger partial charge in [0.25, 0.3) is 5.69 Å². The fourth-order valence-corrected chi connectivity index (χ4v) is 2.11. The van der Waals surface area contributed by atoms with E-state index in [-0.39, 0.29) is 10.4 Å². The lowest BCUT2D eigenvalue weighted by molar-refractivity contribution is -0.384. The van der Waals surface area contributed by atoms with Crippen LogP contribution < -0.4 is 5.32 Å². The number of anilines is 1. The number of nitro benzene ring substituents is 1. The van der Waals surface area contributed by atoms with Crippen LogP contribution in [0.4, 0.5) is 11.5 Å². The first kappa shape index (κ1) is 17.2.